The molecule has 2 unspecified atom stereocenters. The number of rotatable bonds is 2. The van der Waals surface area contributed by atoms with E-state index in [2.05, 4.69) is 0 Å². The van der Waals surface area contributed by atoms with E-state index >= 15 is 0 Å². The average Bonchev–Trinajstić information content (AvgIpc) is 2.98. The maximum absolute atomic E-state index is 9.93. The molecule has 0 spiro atoms. The second-order valence-corrected chi connectivity index (χ2v) is 5.74. The summed E-state index contributed by atoms with van der Waals surface area (Å²) in [7, 11) is 0. The van der Waals surface area contributed by atoms with Crippen LogP contribution in [0.5, 0.6) is 5.75 Å². The molecule has 1 aromatic carbocycles. The smallest absolute Gasteiger partial charge is 0.209 e. The number of aliphatic hydroxyl groups excluding tert-OH is 2. The van der Waals surface area contributed by atoms with Gasteiger partial charge < -0.3 is 20.2 Å². The minimum absolute atomic E-state index is 0.129. The first kappa shape index (κ1) is 21.0. The van der Waals surface area contributed by atoms with Crippen molar-refractivity contribution in [2.45, 2.75) is 38.9 Å². The molecule has 1 amide bonds. The Morgan fingerprint density at radius 1 is 1.09 bits per heavy atom. The monoisotopic (exact) mass is 351 g/mol. The predicted octanol–water partition coefficient (Wildman–Crippen LogP) is 2.69. The number of carbonyl (C=O) groups is 1. The van der Waals surface area contributed by atoms with Gasteiger partial charge in [0, 0.05) is 13.1 Å². The van der Waals surface area contributed by atoms with Crippen molar-refractivity contribution in [2.75, 3.05) is 13.1 Å². The van der Waals surface area contributed by atoms with E-state index in [1.54, 1.807) is 24.8 Å². The Labute approximate surface area is 141 Å². The van der Waals surface area contributed by atoms with Crippen LogP contribution in [-0.4, -0.2) is 51.9 Å². The number of likely N-dealkylation sites (tertiary alicyclic amines) is 1. The largest absolute Gasteiger partial charge is 0.508 e. The molecule has 1 aromatic rings. The topological polar surface area (TPSA) is 81.0 Å². The number of nitrogens with zero attached hydrogens (tertiary/aromatic N) is 1. The summed E-state index contributed by atoms with van der Waals surface area (Å²) in [5, 5.41) is 26.4. The highest BCUT2D eigenvalue weighted by atomic mass is 35.5. The van der Waals surface area contributed by atoms with Gasteiger partial charge in [-0.05, 0) is 44.9 Å². The van der Waals surface area contributed by atoms with E-state index in [1.165, 1.54) is 25.0 Å². The quantitative estimate of drug-likeness (QED) is 0.715. The molecule has 3 N–H and O–H groups in total. The summed E-state index contributed by atoms with van der Waals surface area (Å²) < 4.78 is 0. The van der Waals surface area contributed by atoms with Crippen LogP contribution in [0.3, 0.4) is 0 Å². The second-order valence-electron chi connectivity index (χ2n) is 4.93. The third-order valence-electron chi connectivity index (χ3n) is 2.89. The lowest BCUT2D eigenvalue weighted by Crippen LogP contribution is -2.17. The van der Waals surface area contributed by atoms with Gasteiger partial charge in [-0.1, -0.05) is 23.2 Å². The molecule has 1 heterocycles. The minimum Gasteiger partial charge on any atom is -0.508 e. The predicted molar refractivity (Wildman–Crippen MR) is 88.4 cm³/mol. The van der Waals surface area contributed by atoms with E-state index in [0.29, 0.717) is 10.0 Å². The van der Waals surface area contributed by atoms with Crippen LogP contribution < -0.4 is 0 Å². The molecule has 2 rings (SSSR count). The van der Waals surface area contributed by atoms with Crippen molar-refractivity contribution in [1.82, 2.24) is 4.90 Å². The van der Waals surface area contributed by atoms with E-state index in [-0.39, 0.29) is 5.75 Å². The van der Waals surface area contributed by atoms with Crippen LogP contribution in [0, 0.1) is 0 Å². The number of hydrogen-bond donors (Lipinski definition) is 3. The summed E-state index contributed by atoms with van der Waals surface area (Å²) in [6.07, 6.45) is 2.12. The van der Waals surface area contributed by atoms with Crippen molar-refractivity contribution in [1.29, 1.82) is 0 Å². The molecule has 0 aromatic heterocycles. The van der Waals surface area contributed by atoms with Crippen LogP contribution in [-0.2, 0) is 4.79 Å². The molecule has 0 bridgehead atoms. The minimum atomic E-state index is -0.593. The van der Waals surface area contributed by atoms with Gasteiger partial charge in [-0.2, -0.15) is 0 Å². The van der Waals surface area contributed by atoms with Crippen molar-refractivity contribution < 1.29 is 20.1 Å². The van der Waals surface area contributed by atoms with E-state index in [4.69, 9.17) is 38.5 Å². The van der Waals surface area contributed by atoms with Gasteiger partial charge in [0.05, 0.1) is 22.3 Å². The van der Waals surface area contributed by atoms with Gasteiger partial charge in [-0.3, -0.25) is 4.79 Å². The average molecular weight is 352 g/mol. The maximum Gasteiger partial charge on any atom is 0.209 e. The molecule has 2 atom stereocenters. The number of aromatic hydroxyl groups is 1. The zero-order valence-corrected chi connectivity index (χ0v) is 14.3. The number of phenolic OH excluding ortho intramolecular Hbond substituents is 1. The molecular formula is C15H23Cl2NO4. The highest BCUT2D eigenvalue weighted by Gasteiger charge is 2.06. The van der Waals surface area contributed by atoms with Gasteiger partial charge in [-0.25, -0.2) is 0 Å². The SMILES string of the molecule is CC(O)C(C)O.O=CN1CCCC1.Oc1ccc(Cl)c(Cl)c1. The Bertz CT molecular complexity index is 430. The van der Waals surface area contributed by atoms with Crippen LogP contribution >= 0.6 is 23.2 Å². The molecule has 1 aliphatic rings. The summed E-state index contributed by atoms with van der Waals surface area (Å²) in [4.78, 5) is 11.7. The fraction of sp³-hybridized carbons (Fsp3) is 0.533. The lowest BCUT2D eigenvalue weighted by atomic mass is 10.3. The lowest BCUT2D eigenvalue weighted by molar-refractivity contribution is -0.117. The first-order valence-corrected chi connectivity index (χ1v) is 7.73. The molecule has 5 nitrogen and oxygen atoms in total. The molecule has 0 saturated carbocycles. The fourth-order valence-electron chi connectivity index (χ4n) is 1.33. The van der Waals surface area contributed by atoms with Crippen LogP contribution in [0.15, 0.2) is 18.2 Å². The summed E-state index contributed by atoms with van der Waals surface area (Å²) in [5.74, 6) is 0.129. The number of benzene rings is 1. The molecular weight excluding hydrogens is 329 g/mol. The highest BCUT2D eigenvalue weighted by molar-refractivity contribution is 6.42. The van der Waals surface area contributed by atoms with Gasteiger partial charge in [0.1, 0.15) is 5.75 Å². The first-order chi connectivity index (χ1) is 10.3. The van der Waals surface area contributed by atoms with Crippen molar-refractivity contribution in [3.05, 3.63) is 28.2 Å². The third kappa shape index (κ3) is 9.84. The van der Waals surface area contributed by atoms with Crippen LogP contribution in [0.1, 0.15) is 26.7 Å². The van der Waals surface area contributed by atoms with Gasteiger partial charge in [0.25, 0.3) is 0 Å². The molecule has 1 aliphatic heterocycles. The van der Waals surface area contributed by atoms with Crippen molar-refractivity contribution >= 4 is 29.6 Å². The number of amides is 1. The molecule has 126 valence electrons. The summed E-state index contributed by atoms with van der Waals surface area (Å²) in [6, 6.07) is 4.41. The number of phenols is 1. The number of carbonyl (C=O) groups excluding carboxylic acids is 1. The third-order valence-corrected chi connectivity index (χ3v) is 3.63. The zero-order chi connectivity index (χ0) is 17.1. The van der Waals surface area contributed by atoms with Gasteiger partial charge >= 0.3 is 0 Å². The molecule has 1 saturated heterocycles. The molecule has 7 heteroatoms. The highest BCUT2D eigenvalue weighted by Crippen LogP contribution is 2.24. The maximum atomic E-state index is 9.93. The Morgan fingerprint density at radius 2 is 1.59 bits per heavy atom. The summed E-state index contributed by atoms with van der Waals surface area (Å²) >= 11 is 11.1. The lowest BCUT2D eigenvalue weighted by Gasteiger charge is -2.03. The first-order valence-electron chi connectivity index (χ1n) is 6.97. The Morgan fingerprint density at radius 3 is 1.86 bits per heavy atom. The van der Waals surface area contributed by atoms with E-state index in [1.807, 2.05) is 0 Å². The normalized spacial score (nSPS) is 15.8. The number of halogens is 2. The summed E-state index contributed by atoms with van der Waals surface area (Å²) in [6.45, 7) is 5.04. The molecule has 1 fully saturated rings. The second kappa shape index (κ2) is 11.5. The number of hydrogen-bond acceptors (Lipinski definition) is 4. The van der Waals surface area contributed by atoms with E-state index < -0.39 is 12.2 Å². The standard InChI is InChI=1S/C6H4Cl2O.C5H9NO.C4H10O2/c7-5-2-1-4(9)3-6(5)8;7-5-6-3-1-2-4-6;1-3(5)4(2)6/h1-3,9H;5H,1-4H2;3-6H,1-2H3. The molecule has 22 heavy (non-hydrogen) atoms. The Kier molecular flexibility index (Phi) is 11.0. The van der Waals surface area contributed by atoms with Crippen molar-refractivity contribution in [3.8, 4) is 5.75 Å². The van der Waals surface area contributed by atoms with E-state index in [9.17, 15) is 4.79 Å². The Balaban J connectivity index is 0.000000309. The van der Waals surface area contributed by atoms with Gasteiger partial charge in [0.2, 0.25) is 6.41 Å². The summed E-state index contributed by atoms with van der Waals surface area (Å²) in [5.41, 5.74) is 0. The van der Waals surface area contributed by atoms with Crippen LogP contribution in [0.4, 0.5) is 0 Å². The van der Waals surface area contributed by atoms with Gasteiger partial charge in [-0.15, -0.1) is 0 Å². The van der Waals surface area contributed by atoms with Crippen molar-refractivity contribution in [3.63, 3.8) is 0 Å². The van der Waals surface area contributed by atoms with Gasteiger partial charge in [0.15, 0.2) is 0 Å². The molecule has 0 radical (unpaired) electrons. The zero-order valence-electron chi connectivity index (χ0n) is 12.7. The van der Waals surface area contributed by atoms with Crippen molar-refractivity contribution in [2.24, 2.45) is 0 Å². The van der Waals surface area contributed by atoms with Crippen LogP contribution in [0.2, 0.25) is 10.0 Å². The number of aliphatic hydroxyl groups is 2. The Hall–Kier alpha value is -1.01. The fourth-order valence-corrected chi connectivity index (χ4v) is 1.62. The molecule has 0 aliphatic carbocycles. The van der Waals surface area contributed by atoms with E-state index in [0.717, 1.165) is 19.5 Å². The van der Waals surface area contributed by atoms with Crippen LogP contribution in [0.25, 0.3) is 0 Å².